The predicted octanol–water partition coefficient (Wildman–Crippen LogP) is 1.72. The van der Waals surface area contributed by atoms with Gasteiger partial charge in [0.05, 0.1) is 11.4 Å². The van der Waals surface area contributed by atoms with Crippen molar-refractivity contribution >= 4 is 0 Å². The van der Waals surface area contributed by atoms with E-state index in [1.807, 2.05) is 11.7 Å². The van der Waals surface area contributed by atoms with Crippen LogP contribution < -0.4 is 0 Å². The third-order valence-electron chi connectivity index (χ3n) is 3.01. The van der Waals surface area contributed by atoms with Gasteiger partial charge in [0.15, 0.2) is 0 Å². The van der Waals surface area contributed by atoms with E-state index < -0.39 is 0 Å². The number of aromatic nitrogens is 3. The number of aryl methyl sites for hydroxylation is 2. The van der Waals surface area contributed by atoms with Crippen LogP contribution in [0.5, 0.6) is 0 Å². The lowest BCUT2D eigenvalue weighted by Crippen LogP contribution is -2.08. The first-order valence-corrected chi connectivity index (χ1v) is 5.15. The highest BCUT2D eigenvalue weighted by Gasteiger charge is 2.15. The molecule has 0 fully saturated rings. The summed E-state index contributed by atoms with van der Waals surface area (Å²) in [6.45, 7) is 2.34. The monoisotopic (exact) mass is 179 g/mol. The Morgan fingerprint density at radius 1 is 1.31 bits per heavy atom. The van der Waals surface area contributed by atoms with Gasteiger partial charge in [-0.05, 0) is 31.6 Å². The summed E-state index contributed by atoms with van der Waals surface area (Å²) < 4.78 is 1.94. The van der Waals surface area contributed by atoms with Gasteiger partial charge >= 0.3 is 0 Å². The van der Waals surface area contributed by atoms with Crippen molar-refractivity contribution in [3.8, 4) is 0 Å². The number of rotatable bonds is 0. The van der Waals surface area contributed by atoms with E-state index in [0.29, 0.717) is 0 Å². The molecule has 1 aliphatic carbocycles. The van der Waals surface area contributed by atoms with Crippen LogP contribution in [0.15, 0.2) is 0 Å². The fourth-order valence-electron chi connectivity index (χ4n) is 2.07. The summed E-state index contributed by atoms with van der Waals surface area (Å²) in [5.41, 5.74) is 2.58. The SMILES string of the molecule is CC1CCCc2nnn(C)c2CC1. The maximum absolute atomic E-state index is 4.20. The molecule has 1 unspecified atom stereocenters. The van der Waals surface area contributed by atoms with Crippen molar-refractivity contribution in [2.45, 2.75) is 39.0 Å². The van der Waals surface area contributed by atoms with Gasteiger partial charge < -0.3 is 0 Å². The smallest absolute Gasteiger partial charge is 0.0859 e. The highest BCUT2D eigenvalue weighted by atomic mass is 15.4. The molecule has 0 spiro atoms. The average molecular weight is 179 g/mol. The molecule has 0 saturated heterocycles. The Morgan fingerprint density at radius 3 is 3.00 bits per heavy atom. The van der Waals surface area contributed by atoms with Crippen molar-refractivity contribution in [3.63, 3.8) is 0 Å². The lowest BCUT2D eigenvalue weighted by Gasteiger charge is -2.14. The number of hydrogen-bond acceptors (Lipinski definition) is 2. The second-order valence-corrected chi connectivity index (χ2v) is 4.14. The third kappa shape index (κ3) is 1.74. The standard InChI is InChI=1S/C10H17N3/c1-8-4-3-5-9-10(7-6-8)13(2)12-11-9/h8H,3-7H2,1-2H3. The van der Waals surface area contributed by atoms with Crippen LogP contribution in [0, 0.1) is 5.92 Å². The highest BCUT2D eigenvalue weighted by Crippen LogP contribution is 2.21. The van der Waals surface area contributed by atoms with Crippen molar-refractivity contribution in [2.75, 3.05) is 0 Å². The van der Waals surface area contributed by atoms with Gasteiger partial charge in [0.2, 0.25) is 0 Å². The third-order valence-corrected chi connectivity index (χ3v) is 3.01. The van der Waals surface area contributed by atoms with Gasteiger partial charge in [0.1, 0.15) is 0 Å². The maximum Gasteiger partial charge on any atom is 0.0859 e. The van der Waals surface area contributed by atoms with Crippen molar-refractivity contribution in [3.05, 3.63) is 11.4 Å². The van der Waals surface area contributed by atoms with Crippen LogP contribution in [0.1, 0.15) is 37.6 Å². The van der Waals surface area contributed by atoms with E-state index in [1.54, 1.807) is 0 Å². The molecule has 3 nitrogen and oxygen atoms in total. The largest absolute Gasteiger partial charge is 0.252 e. The van der Waals surface area contributed by atoms with Gasteiger partial charge in [-0.15, -0.1) is 5.10 Å². The Kier molecular flexibility index (Phi) is 2.34. The van der Waals surface area contributed by atoms with Crippen molar-refractivity contribution in [2.24, 2.45) is 13.0 Å². The molecule has 1 atom stereocenters. The first kappa shape index (κ1) is 8.73. The molecule has 0 amide bonds. The minimum atomic E-state index is 0.864. The molecule has 3 heteroatoms. The predicted molar refractivity (Wildman–Crippen MR) is 51.4 cm³/mol. The van der Waals surface area contributed by atoms with Gasteiger partial charge in [-0.25, -0.2) is 0 Å². The molecule has 72 valence electrons. The van der Waals surface area contributed by atoms with Gasteiger partial charge in [0.25, 0.3) is 0 Å². The first-order chi connectivity index (χ1) is 6.27. The molecular formula is C10H17N3. The summed E-state index contributed by atoms with van der Waals surface area (Å²) in [6.07, 6.45) is 6.17. The fraction of sp³-hybridized carbons (Fsp3) is 0.800. The van der Waals surface area contributed by atoms with E-state index in [0.717, 1.165) is 18.8 Å². The van der Waals surface area contributed by atoms with Gasteiger partial charge in [-0.2, -0.15) is 0 Å². The van der Waals surface area contributed by atoms with Gasteiger partial charge in [-0.3, -0.25) is 4.68 Å². The fourth-order valence-corrected chi connectivity index (χ4v) is 2.07. The Hall–Kier alpha value is -0.860. The topological polar surface area (TPSA) is 30.7 Å². The molecule has 0 bridgehead atoms. The molecule has 0 N–H and O–H groups in total. The second kappa shape index (κ2) is 3.48. The number of fused-ring (bicyclic) bond motifs is 1. The second-order valence-electron chi connectivity index (χ2n) is 4.14. The zero-order valence-corrected chi connectivity index (χ0v) is 8.45. The minimum absolute atomic E-state index is 0.864. The van der Waals surface area contributed by atoms with Crippen LogP contribution in [0.2, 0.25) is 0 Å². The molecule has 0 aliphatic heterocycles. The van der Waals surface area contributed by atoms with Crippen molar-refractivity contribution in [1.82, 2.24) is 15.0 Å². The lowest BCUT2D eigenvalue weighted by molar-refractivity contribution is 0.454. The Labute approximate surface area is 79.1 Å². The van der Waals surface area contributed by atoms with Crippen molar-refractivity contribution in [1.29, 1.82) is 0 Å². The molecule has 1 heterocycles. The van der Waals surface area contributed by atoms with Crippen LogP contribution in [0.4, 0.5) is 0 Å². The number of hydrogen-bond donors (Lipinski definition) is 0. The normalized spacial score (nSPS) is 23.4. The molecule has 1 aliphatic rings. The van der Waals surface area contributed by atoms with E-state index in [9.17, 15) is 0 Å². The summed E-state index contributed by atoms with van der Waals surface area (Å²) in [4.78, 5) is 0. The van der Waals surface area contributed by atoms with Gasteiger partial charge in [-0.1, -0.05) is 18.6 Å². The van der Waals surface area contributed by atoms with E-state index in [2.05, 4.69) is 17.2 Å². The van der Waals surface area contributed by atoms with E-state index in [4.69, 9.17) is 0 Å². The summed E-state index contributed by atoms with van der Waals surface area (Å²) in [5, 5.41) is 8.27. The first-order valence-electron chi connectivity index (χ1n) is 5.15. The Balaban J connectivity index is 2.22. The van der Waals surface area contributed by atoms with E-state index >= 15 is 0 Å². The van der Waals surface area contributed by atoms with Gasteiger partial charge in [0, 0.05) is 7.05 Å². The summed E-state index contributed by atoms with van der Waals surface area (Å²) in [7, 11) is 2.00. The summed E-state index contributed by atoms with van der Waals surface area (Å²) in [5.74, 6) is 0.864. The summed E-state index contributed by atoms with van der Waals surface area (Å²) in [6, 6.07) is 0. The molecule has 2 rings (SSSR count). The van der Waals surface area contributed by atoms with Crippen molar-refractivity contribution < 1.29 is 0 Å². The Bertz CT molecular complexity index is 290. The van der Waals surface area contributed by atoms with Crippen LogP contribution in [0.25, 0.3) is 0 Å². The van der Waals surface area contributed by atoms with Crippen LogP contribution in [-0.2, 0) is 19.9 Å². The highest BCUT2D eigenvalue weighted by molar-refractivity contribution is 5.11. The molecular weight excluding hydrogens is 162 g/mol. The zero-order chi connectivity index (χ0) is 9.26. The molecule has 0 saturated carbocycles. The van der Waals surface area contributed by atoms with E-state index in [-0.39, 0.29) is 0 Å². The van der Waals surface area contributed by atoms with Crippen LogP contribution >= 0.6 is 0 Å². The Morgan fingerprint density at radius 2 is 2.15 bits per heavy atom. The zero-order valence-electron chi connectivity index (χ0n) is 8.45. The van der Waals surface area contributed by atoms with Crippen LogP contribution in [0.3, 0.4) is 0 Å². The lowest BCUT2D eigenvalue weighted by atomic mass is 9.93. The summed E-state index contributed by atoms with van der Waals surface area (Å²) >= 11 is 0. The molecule has 0 aromatic carbocycles. The van der Waals surface area contributed by atoms with E-state index in [1.165, 1.54) is 30.7 Å². The number of nitrogens with zero attached hydrogens (tertiary/aromatic N) is 3. The molecule has 13 heavy (non-hydrogen) atoms. The molecule has 1 aromatic heterocycles. The van der Waals surface area contributed by atoms with Crippen LogP contribution in [-0.4, -0.2) is 15.0 Å². The average Bonchev–Trinajstić information content (AvgIpc) is 2.40. The molecule has 1 aromatic rings. The quantitative estimate of drug-likeness (QED) is 0.607. The maximum atomic E-state index is 4.20. The molecule has 0 radical (unpaired) electrons. The minimum Gasteiger partial charge on any atom is -0.252 e.